The minimum absolute atomic E-state index is 0. The van der Waals surface area contributed by atoms with Gasteiger partial charge in [-0.15, -0.1) is 0 Å². The molecular weight excluding hydrogens is 405 g/mol. The molecule has 2 N–H and O–H groups in total. The second-order valence-electron chi connectivity index (χ2n) is 5.77. The molecule has 2 bridgehead atoms. The molecule has 2 aromatic rings. The molecule has 0 saturated carbocycles. The Morgan fingerprint density at radius 3 is 2.86 bits per heavy atom. The van der Waals surface area contributed by atoms with Crippen molar-refractivity contribution in [2.45, 2.75) is 6.04 Å². The van der Waals surface area contributed by atoms with Gasteiger partial charge in [-0.25, -0.2) is 17.9 Å². The van der Waals surface area contributed by atoms with Gasteiger partial charge in [-0.3, -0.25) is 9.89 Å². The van der Waals surface area contributed by atoms with E-state index in [-0.39, 0.29) is 48.3 Å². The predicted molar refractivity (Wildman–Crippen MR) is 86.4 cm³/mol. The van der Waals surface area contributed by atoms with Crippen LogP contribution in [0.5, 0.6) is 0 Å². The monoisotopic (exact) mass is 417 g/mol. The van der Waals surface area contributed by atoms with Crippen molar-refractivity contribution in [1.29, 1.82) is 0 Å². The van der Waals surface area contributed by atoms with Gasteiger partial charge in [-0.05, 0) is 12.1 Å². The number of fused-ring (bicyclic) bond motifs is 2. The first-order valence-corrected chi connectivity index (χ1v) is 8.94. The van der Waals surface area contributed by atoms with Crippen LogP contribution in [-0.4, -0.2) is 74.0 Å². The molecule has 0 aliphatic carbocycles. The van der Waals surface area contributed by atoms with Gasteiger partial charge in [0.05, 0.1) is 18.4 Å². The number of rotatable bonds is 5. The van der Waals surface area contributed by atoms with E-state index in [1.54, 1.807) is 12.1 Å². The zero-order valence-corrected chi connectivity index (χ0v) is 17.3. The molecule has 2 aromatic heterocycles. The Morgan fingerprint density at radius 2 is 2.18 bits per heavy atom. The average molecular weight is 417 g/mol. The molecule has 4 heterocycles. The topological polar surface area (TPSA) is 166 Å². The number of urea groups is 1. The number of carbonyl (C=O) groups is 2. The number of anilines is 1. The third kappa shape index (κ3) is 4.11. The summed E-state index contributed by atoms with van der Waals surface area (Å²) in [6.07, 6.45) is 4.56. The van der Waals surface area contributed by atoms with Gasteiger partial charge < -0.3 is 14.8 Å². The van der Waals surface area contributed by atoms with Gasteiger partial charge in [0.1, 0.15) is 11.9 Å². The van der Waals surface area contributed by atoms with Gasteiger partial charge in [0.25, 0.3) is 5.91 Å². The summed E-state index contributed by atoms with van der Waals surface area (Å²) in [6, 6.07) is 1.55. The third-order valence-electron chi connectivity index (χ3n) is 3.94. The molecule has 142 valence electrons. The summed E-state index contributed by atoms with van der Waals surface area (Å²) in [6.45, 7) is 0.281. The zero-order chi connectivity index (χ0) is 19.2. The van der Waals surface area contributed by atoms with Gasteiger partial charge in [-0.2, -0.15) is 19.5 Å². The van der Waals surface area contributed by atoms with Crippen LogP contribution in [0.3, 0.4) is 0 Å². The van der Waals surface area contributed by atoms with Crippen LogP contribution >= 0.6 is 0 Å². The first-order chi connectivity index (χ1) is 12.8. The van der Waals surface area contributed by atoms with Crippen molar-refractivity contribution in [3.05, 3.63) is 36.3 Å². The number of amides is 3. The van der Waals surface area contributed by atoms with Crippen LogP contribution in [0.15, 0.2) is 30.6 Å². The molecule has 13 nitrogen and oxygen atoms in total. The molecule has 1 fully saturated rings. The minimum Gasteiger partial charge on any atom is -0.724 e. The Balaban J connectivity index is 0.00000225. The van der Waals surface area contributed by atoms with Crippen molar-refractivity contribution in [2.24, 2.45) is 0 Å². The fourth-order valence-corrected chi connectivity index (χ4v) is 3.20. The van der Waals surface area contributed by atoms with E-state index in [4.69, 9.17) is 0 Å². The maximum atomic E-state index is 12.2. The Bertz CT molecular complexity index is 1030. The van der Waals surface area contributed by atoms with E-state index in [0.717, 1.165) is 0 Å². The number of nitrogens with zero attached hydrogens (tertiary/aromatic N) is 5. The Labute approximate surface area is 180 Å². The molecule has 1 unspecified atom stereocenters. The molecule has 4 rings (SSSR count). The largest absolute Gasteiger partial charge is 1.00 e. The van der Waals surface area contributed by atoms with Crippen LogP contribution in [0, 0.1) is 0 Å². The van der Waals surface area contributed by atoms with E-state index in [2.05, 4.69) is 24.9 Å². The molecule has 28 heavy (non-hydrogen) atoms. The molecule has 15 heteroatoms. The molecule has 1 saturated heterocycles. The zero-order valence-electron chi connectivity index (χ0n) is 14.5. The second-order valence-corrected chi connectivity index (χ2v) is 6.73. The minimum atomic E-state index is -5.08. The number of aromatic amines is 1. The number of hydrogen-bond donors (Lipinski definition) is 2. The van der Waals surface area contributed by atoms with Crippen molar-refractivity contribution < 1.29 is 56.4 Å². The summed E-state index contributed by atoms with van der Waals surface area (Å²) in [4.78, 5) is 25.6. The van der Waals surface area contributed by atoms with E-state index in [9.17, 15) is 22.6 Å². The Kier molecular flexibility index (Phi) is 5.60. The summed E-state index contributed by atoms with van der Waals surface area (Å²) in [5.74, 6) is -0.0519. The number of hydroxylamine groups is 2. The smallest absolute Gasteiger partial charge is 0.724 e. The summed E-state index contributed by atoms with van der Waals surface area (Å²) in [5, 5.41) is 13.6. The quantitative estimate of drug-likeness (QED) is 0.284. The average Bonchev–Trinajstić information content (AvgIpc) is 3.32. The second kappa shape index (κ2) is 7.65. The van der Waals surface area contributed by atoms with E-state index < -0.39 is 28.4 Å². The SMILES string of the molecule is O=C(Nc1ccn[nH]1)c1ccn(C2=CC3CN(C2)C(=O)N3OS(=O)(=O)[O-])n1.[Na+]. The van der Waals surface area contributed by atoms with E-state index >= 15 is 0 Å². The van der Waals surface area contributed by atoms with Crippen molar-refractivity contribution >= 4 is 33.9 Å². The molecule has 0 spiro atoms. The summed E-state index contributed by atoms with van der Waals surface area (Å²) in [7, 11) is -5.08. The summed E-state index contributed by atoms with van der Waals surface area (Å²) >= 11 is 0. The maximum absolute atomic E-state index is 12.2. The molecule has 2 aliphatic rings. The van der Waals surface area contributed by atoms with Crippen molar-refractivity contribution in [1.82, 2.24) is 29.9 Å². The molecular formula is C13H12N7NaO6S. The molecule has 3 amide bonds. The fourth-order valence-electron chi connectivity index (χ4n) is 2.83. The van der Waals surface area contributed by atoms with Crippen LogP contribution in [0.25, 0.3) is 5.70 Å². The van der Waals surface area contributed by atoms with Crippen LogP contribution in [0.4, 0.5) is 10.6 Å². The van der Waals surface area contributed by atoms with Crippen LogP contribution < -0.4 is 34.9 Å². The number of nitrogens with one attached hydrogen (secondary N) is 2. The van der Waals surface area contributed by atoms with Crippen molar-refractivity contribution in [3.8, 4) is 0 Å². The van der Waals surface area contributed by atoms with E-state index in [1.165, 1.54) is 28.0 Å². The summed E-state index contributed by atoms with van der Waals surface area (Å²) < 4.78 is 38.0. The van der Waals surface area contributed by atoms with Gasteiger partial charge >= 0.3 is 35.6 Å². The van der Waals surface area contributed by atoms with Crippen LogP contribution in [0.2, 0.25) is 0 Å². The van der Waals surface area contributed by atoms with Gasteiger partial charge in [0.15, 0.2) is 5.69 Å². The number of hydrogen-bond acceptors (Lipinski definition) is 8. The Hall–Kier alpha value is -2.23. The van der Waals surface area contributed by atoms with E-state index in [1.807, 2.05) is 0 Å². The normalized spacial score (nSPS) is 18.7. The van der Waals surface area contributed by atoms with Crippen LogP contribution in [-0.2, 0) is 14.7 Å². The molecule has 0 aromatic carbocycles. The first-order valence-electron chi connectivity index (χ1n) is 7.61. The van der Waals surface area contributed by atoms with Crippen molar-refractivity contribution in [3.63, 3.8) is 0 Å². The molecule has 1 atom stereocenters. The Morgan fingerprint density at radius 1 is 1.39 bits per heavy atom. The molecule has 0 radical (unpaired) electrons. The molecule has 2 aliphatic heterocycles. The number of carbonyl (C=O) groups excluding carboxylic acids is 2. The van der Waals surface area contributed by atoms with Gasteiger partial charge in [0.2, 0.25) is 10.4 Å². The van der Waals surface area contributed by atoms with Crippen molar-refractivity contribution in [2.75, 3.05) is 18.4 Å². The fraction of sp³-hybridized carbons (Fsp3) is 0.231. The number of aromatic nitrogens is 4. The van der Waals surface area contributed by atoms with Gasteiger partial charge in [0, 0.05) is 18.8 Å². The van der Waals surface area contributed by atoms with Gasteiger partial charge in [-0.1, -0.05) is 0 Å². The predicted octanol–water partition coefficient (Wildman–Crippen LogP) is -3.78. The number of H-pyrrole nitrogens is 1. The van der Waals surface area contributed by atoms with Crippen LogP contribution in [0.1, 0.15) is 10.5 Å². The summed E-state index contributed by atoms with van der Waals surface area (Å²) in [5.41, 5.74) is 0.648. The maximum Gasteiger partial charge on any atom is 1.00 e. The standard InChI is InChI=1S/C13H13N7O6S.Na/c21-12(15-11-1-3-14-16-11)10-2-4-19(17-10)8-5-9-7-18(6-8)13(22)20(9)26-27(23,24)25;/h1-5,9H,6-7H2,(H,23,24,25)(H2,14,15,16,21);/q;+1/p-1. The van der Waals surface area contributed by atoms with E-state index in [0.29, 0.717) is 16.6 Å². The third-order valence-corrected chi connectivity index (χ3v) is 4.29. The first kappa shape index (κ1) is 20.5.